The van der Waals surface area contributed by atoms with Gasteiger partial charge in [-0.15, -0.1) is 0 Å². The summed E-state index contributed by atoms with van der Waals surface area (Å²) in [5, 5.41) is 3.58. The number of alkyl halides is 3. The van der Waals surface area contributed by atoms with E-state index in [1.54, 1.807) is 6.07 Å². The van der Waals surface area contributed by atoms with Crippen LogP contribution in [0.2, 0.25) is 0 Å². The zero-order chi connectivity index (χ0) is 19.2. The smallest absolute Gasteiger partial charge is 0.376 e. The number of hydrogen-bond donors (Lipinski definition) is 1. The van der Waals surface area contributed by atoms with E-state index in [-0.39, 0.29) is 11.3 Å². The average molecular weight is 392 g/mol. The number of piperidine rings is 1. The minimum absolute atomic E-state index is 0.208. The van der Waals surface area contributed by atoms with Crippen LogP contribution in [-0.2, 0) is 22.1 Å². The largest absolute Gasteiger partial charge is 0.534 e. The lowest BCUT2D eigenvalue weighted by Gasteiger charge is -2.47. The van der Waals surface area contributed by atoms with Gasteiger partial charge in [0, 0.05) is 31.2 Å². The molecule has 2 heterocycles. The molecule has 0 radical (unpaired) electrons. The van der Waals surface area contributed by atoms with Crippen LogP contribution in [0.15, 0.2) is 18.2 Å². The summed E-state index contributed by atoms with van der Waals surface area (Å²) in [7, 11) is -5.65. The number of nitrogens with zero attached hydrogens (tertiary/aromatic N) is 1. The van der Waals surface area contributed by atoms with Crippen LogP contribution in [0.1, 0.15) is 37.8 Å². The summed E-state index contributed by atoms with van der Waals surface area (Å²) in [6.45, 7) is 6.88. The molecule has 3 rings (SSSR count). The molecule has 2 aliphatic heterocycles. The van der Waals surface area contributed by atoms with E-state index in [0.29, 0.717) is 19.0 Å². The fourth-order valence-corrected chi connectivity index (χ4v) is 4.32. The average Bonchev–Trinajstić information content (AvgIpc) is 2.54. The van der Waals surface area contributed by atoms with E-state index in [1.165, 1.54) is 12.1 Å². The van der Waals surface area contributed by atoms with Crippen molar-refractivity contribution in [3.05, 3.63) is 29.3 Å². The molecule has 0 bridgehead atoms. The highest BCUT2D eigenvalue weighted by Crippen LogP contribution is 2.39. The highest BCUT2D eigenvalue weighted by Gasteiger charge is 2.48. The lowest BCUT2D eigenvalue weighted by molar-refractivity contribution is -0.0500. The molecule has 2 aliphatic rings. The Kier molecular flexibility index (Phi) is 5.00. The van der Waals surface area contributed by atoms with Gasteiger partial charge in [-0.3, -0.25) is 0 Å². The topological polar surface area (TPSA) is 58.6 Å². The second kappa shape index (κ2) is 6.69. The van der Waals surface area contributed by atoms with Gasteiger partial charge >= 0.3 is 15.6 Å². The molecule has 0 aliphatic carbocycles. The summed E-state index contributed by atoms with van der Waals surface area (Å²) in [4.78, 5) is 2.40. The van der Waals surface area contributed by atoms with Gasteiger partial charge in [-0.25, -0.2) is 0 Å². The molecule has 1 saturated heterocycles. The molecule has 1 spiro atoms. The van der Waals surface area contributed by atoms with Gasteiger partial charge in [0.15, 0.2) is 0 Å². The molecular weight excluding hydrogens is 369 g/mol. The van der Waals surface area contributed by atoms with Crippen LogP contribution < -0.4 is 9.50 Å². The summed E-state index contributed by atoms with van der Waals surface area (Å²) in [5.74, 6) is -0.294. The molecule has 0 saturated carbocycles. The fourth-order valence-electron chi connectivity index (χ4n) is 3.87. The first-order valence-corrected chi connectivity index (χ1v) is 10.1. The van der Waals surface area contributed by atoms with Gasteiger partial charge in [0.05, 0.1) is 0 Å². The molecule has 0 amide bonds. The van der Waals surface area contributed by atoms with Gasteiger partial charge in [-0.05, 0) is 56.4 Å². The molecule has 1 aromatic rings. The van der Waals surface area contributed by atoms with E-state index >= 15 is 0 Å². The lowest BCUT2D eigenvalue weighted by Crippen LogP contribution is -2.55. The van der Waals surface area contributed by atoms with Crippen LogP contribution in [0.3, 0.4) is 0 Å². The molecule has 146 valence electrons. The first-order valence-electron chi connectivity index (χ1n) is 8.67. The van der Waals surface area contributed by atoms with Gasteiger partial charge in [0.25, 0.3) is 0 Å². The predicted molar refractivity (Wildman–Crippen MR) is 91.4 cm³/mol. The van der Waals surface area contributed by atoms with Crippen molar-refractivity contribution in [2.45, 2.75) is 50.2 Å². The minimum atomic E-state index is -5.65. The van der Waals surface area contributed by atoms with Crippen molar-refractivity contribution < 1.29 is 25.8 Å². The van der Waals surface area contributed by atoms with Crippen molar-refractivity contribution in [1.29, 1.82) is 0 Å². The van der Waals surface area contributed by atoms with Crippen LogP contribution in [0.5, 0.6) is 5.75 Å². The Morgan fingerprint density at radius 2 is 1.88 bits per heavy atom. The van der Waals surface area contributed by atoms with E-state index in [1.807, 2.05) is 0 Å². The van der Waals surface area contributed by atoms with Crippen LogP contribution in [-0.4, -0.2) is 44.5 Å². The van der Waals surface area contributed by atoms with Crippen molar-refractivity contribution >= 4 is 10.1 Å². The van der Waals surface area contributed by atoms with E-state index in [2.05, 4.69) is 28.2 Å². The maximum Gasteiger partial charge on any atom is 0.534 e. The van der Waals surface area contributed by atoms with Crippen molar-refractivity contribution in [3.63, 3.8) is 0 Å². The first-order chi connectivity index (χ1) is 12.0. The Bertz CT molecular complexity index is 770. The maximum absolute atomic E-state index is 12.5. The summed E-state index contributed by atoms with van der Waals surface area (Å²) in [6.07, 6.45) is 2.42. The third-order valence-corrected chi connectivity index (χ3v) is 6.30. The summed E-state index contributed by atoms with van der Waals surface area (Å²) in [6, 6.07) is 4.91. The highest BCUT2D eigenvalue weighted by molar-refractivity contribution is 7.88. The Labute approximate surface area is 151 Å². The van der Waals surface area contributed by atoms with Crippen LogP contribution in [0.4, 0.5) is 13.2 Å². The highest BCUT2D eigenvalue weighted by atomic mass is 32.2. The van der Waals surface area contributed by atoms with Crippen molar-refractivity contribution in [2.75, 3.05) is 19.6 Å². The summed E-state index contributed by atoms with van der Waals surface area (Å²) in [5.41, 5.74) is -3.77. The van der Waals surface area contributed by atoms with Gasteiger partial charge in [0.1, 0.15) is 5.75 Å². The molecular formula is C17H23F3N2O3S. The standard InChI is InChI=1S/C17H23F3N2O3S/c1-12(2)22-9-6-16(7-10-22)15-4-3-14(11-13(15)5-8-21-16)25-26(23,24)17(18,19)20/h3-4,11-12,21H,5-10H2,1-2H3. The van der Waals surface area contributed by atoms with E-state index in [0.717, 1.165) is 37.1 Å². The number of nitrogens with one attached hydrogen (secondary N) is 1. The Balaban J connectivity index is 1.85. The molecule has 5 nitrogen and oxygen atoms in total. The molecule has 0 aromatic heterocycles. The number of fused-ring (bicyclic) bond motifs is 2. The van der Waals surface area contributed by atoms with Crippen LogP contribution in [0, 0.1) is 0 Å². The van der Waals surface area contributed by atoms with Gasteiger partial charge in [0.2, 0.25) is 0 Å². The second-order valence-corrected chi connectivity index (χ2v) is 8.73. The van der Waals surface area contributed by atoms with Gasteiger partial charge in [-0.1, -0.05) is 6.07 Å². The van der Waals surface area contributed by atoms with Crippen LogP contribution in [0.25, 0.3) is 0 Å². The van der Waals surface area contributed by atoms with Crippen molar-refractivity contribution in [2.24, 2.45) is 0 Å². The zero-order valence-electron chi connectivity index (χ0n) is 14.8. The minimum Gasteiger partial charge on any atom is -0.376 e. The third-order valence-electron chi connectivity index (χ3n) is 5.32. The Morgan fingerprint density at radius 3 is 2.46 bits per heavy atom. The van der Waals surface area contributed by atoms with E-state index in [9.17, 15) is 21.6 Å². The summed E-state index contributed by atoms with van der Waals surface area (Å²) >= 11 is 0. The number of rotatable bonds is 3. The first kappa shape index (κ1) is 19.4. The number of benzene rings is 1. The molecule has 1 N–H and O–H groups in total. The SMILES string of the molecule is CC(C)N1CCC2(CC1)NCCc1cc(OS(=O)(=O)C(F)(F)F)ccc12. The second-order valence-electron chi connectivity index (χ2n) is 7.19. The Morgan fingerprint density at radius 1 is 1.23 bits per heavy atom. The molecule has 1 aromatic carbocycles. The van der Waals surface area contributed by atoms with Crippen molar-refractivity contribution in [3.8, 4) is 5.75 Å². The predicted octanol–water partition coefficient (Wildman–Crippen LogP) is 2.76. The number of halogens is 3. The van der Waals surface area contributed by atoms with E-state index < -0.39 is 15.6 Å². The molecule has 26 heavy (non-hydrogen) atoms. The summed E-state index contributed by atoms with van der Waals surface area (Å²) < 4.78 is 64.3. The fraction of sp³-hybridized carbons (Fsp3) is 0.647. The molecule has 9 heteroatoms. The molecule has 0 unspecified atom stereocenters. The normalized spacial score (nSPS) is 21.0. The quantitative estimate of drug-likeness (QED) is 0.633. The number of likely N-dealkylation sites (tertiary alicyclic amines) is 1. The third kappa shape index (κ3) is 3.57. The van der Waals surface area contributed by atoms with Gasteiger partial charge < -0.3 is 14.4 Å². The molecule has 1 fully saturated rings. The lowest BCUT2D eigenvalue weighted by atomic mass is 9.75. The monoisotopic (exact) mass is 392 g/mol. The number of hydrogen-bond acceptors (Lipinski definition) is 5. The van der Waals surface area contributed by atoms with Crippen molar-refractivity contribution in [1.82, 2.24) is 10.2 Å². The zero-order valence-corrected chi connectivity index (χ0v) is 15.6. The van der Waals surface area contributed by atoms with Gasteiger partial charge in [-0.2, -0.15) is 21.6 Å². The Hall–Kier alpha value is -1.32. The molecule has 0 atom stereocenters. The van der Waals surface area contributed by atoms with E-state index in [4.69, 9.17) is 0 Å². The maximum atomic E-state index is 12.5. The van der Waals surface area contributed by atoms with Crippen LogP contribution >= 0.6 is 0 Å².